The predicted molar refractivity (Wildman–Crippen MR) is 78.6 cm³/mol. The monoisotopic (exact) mass is 268 g/mol. The van der Waals surface area contributed by atoms with Crippen molar-refractivity contribution < 1.29 is 4.79 Å². The minimum absolute atomic E-state index is 0.0648. The van der Waals surface area contributed by atoms with Crippen molar-refractivity contribution in [3.8, 4) is 0 Å². The molecule has 0 aliphatic heterocycles. The number of hydrogen-bond donors (Lipinski definition) is 2. The van der Waals surface area contributed by atoms with Crippen LogP contribution in [0.25, 0.3) is 0 Å². The lowest BCUT2D eigenvalue weighted by Gasteiger charge is -2.03. The van der Waals surface area contributed by atoms with Gasteiger partial charge in [0.1, 0.15) is 0 Å². The van der Waals surface area contributed by atoms with Crippen LogP contribution >= 0.6 is 11.3 Å². The van der Waals surface area contributed by atoms with E-state index < -0.39 is 0 Å². The highest BCUT2D eigenvalue weighted by Gasteiger charge is 2.12. The molecule has 3 nitrogen and oxygen atoms in total. The smallest absolute Gasteiger partial charge is 0.261 e. The van der Waals surface area contributed by atoms with Gasteiger partial charge >= 0.3 is 0 Å². The molecule has 0 radical (unpaired) electrons. The minimum atomic E-state index is 0.0648. The largest absolute Gasteiger partial charge is 0.350 e. The Hall–Kier alpha value is -0.870. The number of thiophene rings is 1. The fourth-order valence-electron chi connectivity index (χ4n) is 1.84. The molecular weight excluding hydrogens is 244 g/mol. The summed E-state index contributed by atoms with van der Waals surface area (Å²) in [7, 11) is 0. The summed E-state index contributed by atoms with van der Waals surface area (Å²) >= 11 is 1.65. The lowest BCUT2D eigenvalue weighted by Crippen LogP contribution is -2.31. The van der Waals surface area contributed by atoms with Gasteiger partial charge < -0.3 is 10.6 Å². The number of aryl methyl sites for hydroxylation is 2. The van der Waals surface area contributed by atoms with Gasteiger partial charge in [-0.05, 0) is 31.0 Å². The van der Waals surface area contributed by atoms with E-state index in [1.807, 2.05) is 0 Å². The van der Waals surface area contributed by atoms with Crippen LogP contribution in [0, 0.1) is 0 Å². The van der Waals surface area contributed by atoms with Gasteiger partial charge in [0, 0.05) is 18.0 Å². The second-order valence-electron chi connectivity index (χ2n) is 4.27. The Balaban J connectivity index is 2.56. The van der Waals surface area contributed by atoms with Gasteiger partial charge in [0.15, 0.2) is 0 Å². The molecule has 0 aliphatic carbocycles. The summed E-state index contributed by atoms with van der Waals surface area (Å²) in [6.07, 6.45) is 3.23. The van der Waals surface area contributed by atoms with Crippen LogP contribution in [-0.4, -0.2) is 25.5 Å². The summed E-state index contributed by atoms with van der Waals surface area (Å²) in [5, 5.41) is 6.14. The van der Waals surface area contributed by atoms with E-state index in [1.165, 1.54) is 10.4 Å². The van der Waals surface area contributed by atoms with E-state index in [2.05, 4.69) is 37.5 Å². The molecule has 1 heterocycles. The fourth-order valence-corrected chi connectivity index (χ4v) is 3.12. The van der Waals surface area contributed by atoms with Crippen LogP contribution in [0.5, 0.6) is 0 Å². The van der Waals surface area contributed by atoms with Crippen LogP contribution in [-0.2, 0) is 12.8 Å². The molecule has 0 fully saturated rings. The van der Waals surface area contributed by atoms with Crippen molar-refractivity contribution in [2.45, 2.75) is 40.0 Å². The van der Waals surface area contributed by atoms with Crippen molar-refractivity contribution in [2.24, 2.45) is 0 Å². The lowest BCUT2D eigenvalue weighted by molar-refractivity contribution is 0.0958. The first-order valence-corrected chi connectivity index (χ1v) is 7.65. The number of carbonyl (C=O) groups is 1. The van der Waals surface area contributed by atoms with Gasteiger partial charge in [0.2, 0.25) is 0 Å². The Kier molecular flexibility index (Phi) is 6.98. The summed E-state index contributed by atoms with van der Waals surface area (Å²) in [5.74, 6) is 0.0648. The zero-order valence-corrected chi connectivity index (χ0v) is 12.5. The number of hydrogen-bond acceptors (Lipinski definition) is 3. The molecule has 0 saturated carbocycles. The third-order valence-electron chi connectivity index (χ3n) is 2.82. The van der Waals surface area contributed by atoms with E-state index in [0.717, 1.165) is 37.2 Å². The van der Waals surface area contributed by atoms with Crippen molar-refractivity contribution in [3.05, 3.63) is 21.4 Å². The van der Waals surface area contributed by atoms with Crippen LogP contribution in [0.15, 0.2) is 6.07 Å². The fraction of sp³-hybridized carbons (Fsp3) is 0.643. The van der Waals surface area contributed by atoms with E-state index in [4.69, 9.17) is 0 Å². The molecule has 2 N–H and O–H groups in total. The summed E-state index contributed by atoms with van der Waals surface area (Å²) in [4.78, 5) is 14.2. The van der Waals surface area contributed by atoms with Gasteiger partial charge in [-0.25, -0.2) is 0 Å². The number of likely N-dealkylation sites (N-methyl/N-ethyl adjacent to an activating group) is 1. The maximum Gasteiger partial charge on any atom is 0.261 e. The van der Waals surface area contributed by atoms with Gasteiger partial charge in [0.25, 0.3) is 5.91 Å². The molecule has 1 rings (SSSR count). The maximum atomic E-state index is 12.0. The molecule has 0 spiro atoms. The highest BCUT2D eigenvalue weighted by atomic mass is 32.1. The number of nitrogens with one attached hydrogen (secondary N) is 2. The Labute approximate surface area is 114 Å². The molecule has 1 amide bonds. The molecular formula is C14H24N2OS. The van der Waals surface area contributed by atoms with Crippen molar-refractivity contribution in [3.63, 3.8) is 0 Å². The first-order chi connectivity index (χ1) is 8.72. The SMILES string of the molecule is CCCc1sc(C(=O)NCCNCC)cc1CC. The summed E-state index contributed by atoms with van der Waals surface area (Å²) in [5.41, 5.74) is 1.33. The van der Waals surface area contributed by atoms with Crippen molar-refractivity contribution >= 4 is 17.2 Å². The zero-order valence-electron chi connectivity index (χ0n) is 11.6. The average Bonchev–Trinajstić information content (AvgIpc) is 2.78. The standard InChI is InChI=1S/C14H24N2OS/c1-4-7-12-11(5-2)10-13(18-12)14(17)16-9-8-15-6-3/h10,15H,4-9H2,1-3H3,(H,16,17). The van der Waals surface area contributed by atoms with Crippen molar-refractivity contribution in [1.82, 2.24) is 10.6 Å². The highest BCUT2D eigenvalue weighted by Crippen LogP contribution is 2.24. The molecule has 0 aromatic carbocycles. The third-order valence-corrected chi connectivity index (χ3v) is 4.05. The number of carbonyl (C=O) groups excluding carboxylic acids is 1. The molecule has 1 aromatic heterocycles. The molecule has 18 heavy (non-hydrogen) atoms. The molecule has 0 unspecified atom stereocenters. The van der Waals surface area contributed by atoms with Gasteiger partial charge in [-0.2, -0.15) is 0 Å². The van der Waals surface area contributed by atoms with E-state index in [0.29, 0.717) is 6.54 Å². The number of amides is 1. The Bertz CT molecular complexity index is 374. The molecule has 4 heteroatoms. The van der Waals surface area contributed by atoms with Gasteiger partial charge in [-0.3, -0.25) is 4.79 Å². The predicted octanol–water partition coefficient (Wildman–Crippen LogP) is 2.60. The second kappa shape index (κ2) is 8.27. The van der Waals surface area contributed by atoms with Crippen LogP contribution in [0.4, 0.5) is 0 Å². The van der Waals surface area contributed by atoms with Crippen molar-refractivity contribution in [1.29, 1.82) is 0 Å². The van der Waals surface area contributed by atoms with Crippen LogP contribution in [0.1, 0.15) is 47.3 Å². The first kappa shape index (κ1) is 15.2. The zero-order chi connectivity index (χ0) is 13.4. The Morgan fingerprint density at radius 1 is 1.28 bits per heavy atom. The van der Waals surface area contributed by atoms with E-state index >= 15 is 0 Å². The maximum absolute atomic E-state index is 12.0. The summed E-state index contributed by atoms with van der Waals surface area (Å²) in [6.45, 7) is 8.84. The quantitative estimate of drug-likeness (QED) is 0.712. The molecule has 0 saturated heterocycles. The lowest BCUT2D eigenvalue weighted by atomic mass is 10.1. The molecule has 0 atom stereocenters. The van der Waals surface area contributed by atoms with Gasteiger partial charge in [0.05, 0.1) is 4.88 Å². The van der Waals surface area contributed by atoms with E-state index in [9.17, 15) is 4.79 Å². The first-order valence-electron chi connectivity index (χ1n) is 6.83. The second-order valence-corrected chi connectivity index (χ2v) is 5.41. The van der Waals surface area contributed by atoms with Crippen LogP contribution in [0.3, 0.4) is 0 Å². The molecule has 1 aromatic rings. The Morgan fingerprint density at radius 3 is 2.67 bits per heavy atom. The van der Waals surface area contributed by atoms with Crippen molar-refractivity contribution in [2.75, 3.05) is 19.6 Å². The normalized spacial score (nSPS) is 10.6. The average molecular weight is 268 g/mol. The topological polar surface area (TPSA) is 41.1 Å². The number of rotatable bonds is 8. The van der Waals surface area contributed by atoms with Gasteiger partial charge in [-0.1, -0.05) is 27.2 Å². The molecule has 0 aliphatic rings. The van der Waals surface area contributed by atoms with E-state index in [-0.39, 0.29) is 5.91 Å². The van der Waals surface area contributed by atoms with E-state index in [1.54, 1.807) is 11.3 Å². The van der Waals surface area contributed by atoms with Crippen LogP contribution in [0.2, 0.25) is 0 Å². The third kappa shape index (κ3) is 4.42. The summed E-state index contributed by atoms with van der Waals surface area (Å²) < 4.78 is 0. The van der Waals surface area contributed by atoms with Gasteiger partial charge in [-0.15, -0.1) is 11.3 Å². The molecule has 0 bridgehead atoms. The van der Waals surface area contributed by atoms with Crippen LogP contribution < -0.4 is 10.6 Å². The minimum Gasteiger partial charge on any atom is -0.350 e. The molecule has 102 valence electrons. The highest BCUT2D eigenvalue weighted by molar-refractivity contribution is 7.14. The Morgan fingerprint density at radius 2 is 2.06 bits per heavy atom. The summed E-state index contributed by atoms with van der Waals surface area (Å²) in [6, 6.07) is 2.05.